The molecule has 0 fully saturated rings. The fourth-order valence-corrected chi connectivity index (χ4v) is 2.15. The molecule has 1 aromatic carbocycles. The molecule has 2 rings (SSSR count). The van der Waals surface area contributed by atoms with Gasteiger partial charge in [0.2, 0.25) is 0 Å². The summed E-state index contributed by atoms with van der Waals surface area (Å²) in [7, 11) is 0. The Hall–Kier alpha value is -1.65. The van der Waals surface area contributed by atoms with Crippen molar-refractivity contribution in [3.05, 3.63) is 46.5 Å². The first-order valence-electron chi connectivity index (χ1n) is 5.99. The molecule has 19 heavy (non-hydrogen) atoms. The van der Waals surface area contributed by atoms with Crippen LogP contribution in [0.4, 0.5) is 0 Å². The lowest BCUT2D eigenvalue weighted by Crippen LogP contribution is -2.36. The van der Waals surface area contributed by atoms with Gasteiger partial charge in [-0.05, 0) is 30.7 Å². The average Bonchev–Trinajstić information content (AvgIpc) is 2.39. The molecule has 0 aromatic heterocycles. The van der Waals surface area contributed by atoms with Gasteiger partial charge in [0.15, 0.2) is 5.78 Å². The van der Waals surface area contributed by atoms with E-state index in [0.717, 1.165) is 0 Å². The Balaban J connectivity index is 1.98. The minimum atomic E-state index is -0.913. The minimum Gasteiger partial charge on any atom is -0.478 e. The topological polar surface area (TPSA) is 57.6 Å². The second kappa shape index (κ2) is 5.99. The van der Waals surface area contributed by atoms with Crippen LogP contribution >= 0.6 is 11.6 Å². The molecule has 100 valence electrons. The van der Waals surface area contributed by atoms with Crippen LogP contribution in [0.5, 0.6) is 0 Å². The Bertz CT molecular complexity index is 522. The van der Waals surface area contributed by atoms with E-state index in [-0.39, 0.29) is 12.3 Å². The SMILES string of the molecule is O=C(O)C1=CCCN(CC(=O)c2ccc(Cl)cc2)C1. The lowest BCUT2D eigenvalue weighted by molar-refractivity contribution is -0.133. The Morgan fingerprint density at radius 1 is 1.26 bits per heavy atom. The molecule has 1 aliphatic heterocycles. The number of Topliss-reactive ketones (excluding diaryl/α,β-unsaturated/α-hetero) is 1. The summed E-state index contributed by atoms with van der Waals surface area (Å²) in [4.78, 5) is 24.8. The summed E-state index contributed by atoms with van der Waals surface area (Å²) >= 11 is 5.77. The third kappa shape index (κ3) is 3.66. The number of carboxylic acid groups (broad SMARTS) is 1. The molecule has 0 atom stereocenters. The maximum absolute atomic E-state index is 12.0. The number of hydrogen-bond donors (Lipinski definition) is 1. The van der Waals surface area contributed by atoms with Gasteiger partial charge < -0.3 is 5.11 Å². The summed E-state index contributed by atoms with van der Waals surface area (Å²) in [5, 5.41) is 9.53. The molecule has 1 aromatic rings. The van der Waals surface area contributed by atoms with Gasteiger partial charge in [-0.1, -0.05) is 17.7 Å². The summed E-state index contributed by atoms with van der Waals surface area (Å²) in [6.45, 7) is 1.25. The molecule has 0 saturated carbocycles. The maximum Gasteiger partial charge on any atom is 0.332 e. The van der Waals surface area contributed by atoms with E-state index in [1.807, 2.05) is 4.90 Å². The van der Waals surface area contributed by atoms with Gasteiger partial charge in [0.05, 0.1) is 6.54 Å². The van der Waals surface area contributed by atoms with Crippen LogP contribution < -0.4 is 0 Å². The number of rotatable bonds is 4. The molecular formula is C14H14ClNO3. The fraction of sp³-hybridized carbons (Fsp3) is 0.286. The van der Waals surface area contributed by atoms with Crippen molar-refractivity contribution in [1.82, 2.24) is 4.90 Å². The van der Waals surface area contributed by atoms with Gasteiger partial charge in [0.1, 0.15) is 0 Å². The third-order valence-electron chi connectivity index (χ3n) is 3.04. The van der Waals surface area contributed by atoms with Crippen LogP contribution in [0.25, 0.3) is 0 Å². The van der Waals surface area contributed by atoms with Crippen LogP contribution in [0.3, 0.4) is 0 Å². The first-order valence-corrected chi connectivity index (χ1v) is 6.37. The zero-order valence-electron chi connectivity index (χ0n) is 10.3. The predicted molar refractivity (Wildman–Crippen MR) is 72.6 cm³/mol. The van der Waals surface area contributed by atoms with Crippen LogP contribution in [0.2, 0.25) is 5.02 Å². The van der Waals surface area contributed by atoms with Crippen LogP contribution in [-0.2, 0) is 4.79 Å². The lowest BCUT2D eigenvalue weighted by Gasteiger charge is -2.24. The summed E-state index contributed by atoms with van der Waals surface area (Å²) < 4.78 is 0. The minimum absolute atomic E-state index is 0.0247. The van der Waals surface area contributed by atoms with Crippen LogP contribution in [0.15, 0.2) is 35.9 Å². The molecule has 0 saturated heterocycles. The quantitative estimate of drug-likeness (QED) is 0.859. The van der Waals surface area contributed by atoms with E-state index in [1.165, 1.54) is 0 Å². The number of nitrogens with zero attached hydrogens (tertiary/aromatic N) is 1. The Morgan fingerprint density at radius 2 is 1.95 bits per heavy atom. The van der Waals surface area contributed by atoms with Crippen molar-refractivity contribution < 1.29 is 14.7 Å². The Kier molecular flexibility index (Phi) is 4.35. The van der Waals surface area contributed by atoms with Crippen molar-refractivity contribution in [3.63, 3.8) is 0 Å². The highest BCUT2D eigenvalue weighted by molar-refractivity contribution is 6.30. The van der Waals surface area contributed by atoms with Crippen LogP contribution in [0, 0.1) is 0 Å². The van der Waals surface area contributed by atoms with Crippen LogP contribution in [0.1, 0.15) is 16.8 Å². The number of benzene rings is 1. The first kappa shape index (κ1) is 13.8. The van der Waals surface area contributed by atoms with Crippen molar-refractivity contribution in [2.24, 2.45) is 0 Å². The highest BCUT2D eigenvalue weighted by Gasteiger charge is 2.19. The van der Waals surface area contributed by atoms with Gasteiger partial charge in [-0.2, -0.15) is 0 Å². The molecule has 4 nitrogen and oxygen atoms in total. The highest BCUT2D eigenvalue weighted by Crippen LogP contribution is 2.13. The number of carboxylic acids is 1. The standard InChI is InChI=1S/C14H14ClNO3/c15-12-5-3-10(4-6-12)13(17)9-16-7-1-2-11(8-16)14(18)19/h2-6H,1,7-9H2,(H,18,19). The molecule has 5 heteroatoms. The van der Waals surface area contributed by atoms with E-state index >= 15 is 0 Å². The normalized spacial score (nSPS) is 15.9. The molecular weight excluding hydrogens is 266 g/mol. The predicted octanol–water partition coefficient (Wildman–Crippen LogP) is 2.24. The zero-order chi connectivity index (χ0) is 13.8. The van der Waals surface area contributed by atoms with Crippen molar-refractivity contribution in [3.8, 4) is 0 Å². The zero-order valence-corrected chi connectivity index (χ0v) is 11.1. The van der Waals surface area contributed by atoms with E-state index in [9.17, 15) is 9.59 Å². The highest BCUT2D eigenvalue weighted by atomic mass is 35.5. The second-order valence-electron chi connectivity index (χ2n) is 4.46. The molecule has 0 unspecified atom stereocenters. The number of carbonyl (C=O) groups is 2. The summed E-state index contributed by atoms with van der Waals surface area (Å²) in [6, 6.07) is 6.71. The van der Waals surface area contributed by atoms with E-state index in [2.05, 4.69) is 0 Å². The van der Waals surface area contributed by atoms with Gasteiger partial charge in [-0.3, -0.25) is 9.69 Å². The Labute approximate surface area is 116 Å². The molecule has 1 aliphatic rings. The van der Waals surface area contributed by atoms with Crippen molar-refractivity contribution >= 4 is 23.4 Å². The van der Waals surface area contributed by atoms with E-state index in [0.29, 0.717) is 35.7 Å². The van der Waals surface area contributed by atoms with Gasteiger partial charge >= 0.3 is 5.97 Å². The van der Waals surface area contributed by atoms with Crippen molar-refractivity contribution in [2.45, 2.75) is 6.42 Å². The first-order chi connectivity index (χ1) is 9.06. The molecule has 0 radical (unpaired) electrons. The molecule has 0 spiro atoms. The monoisotopic (exact) mass is 279 g/mol. The summed E-state index contributed by atoms with van der Waals surface area (Å²) in [5.41, 5.74) is 0.950. The molecule has 1 heterocycles. The van der Waals surface area contributed by atoms with Gasteiger partial charge in [0, 0.05) is 29.2 Å². The maximum atomic E-state index is 12.0. The van der Waals surface area contributed by atoms with Crippen LogP contribution in [-0.4, -0.2) is 41.4 Å². The largest absolute Gasteiger partial charge is 0.478 e. The number of aliphatic carboxylic acids is 1. The molecule has 0 aliphatic carbocycles. The van der Waals surface area contributed by atoms with E-state index in [4.69, 9.17) is 16.7 Å². The Morgan fingerprint density at radius 3 is 2.58 bits per heavy atom. The lowest BCUT2D eigenvalue weighted by atomic mass is 10.1. The molecule has 0 amide bonds. The fourth-order valence-electron chi connectivity index (χ4n) is 2.03. The molecule has 1 N–H and O–H groups in total. The summed E-state index contributed by atoms with van der Waals surface area (Å²) in [5.74, 6) is -0.938. The number of halogens is 1. The van der Waals surface area contributed by atoms with Crippen molar-refractivity contribution in [2.75, 3.05) is 19.6 Å². The molecule has 0 bridgehead atoms. The number of carbonyl (C=O) groups excluding carboxylic acids is 1. The van der Waals surface area contributed by atoms with Gasteiger partial charge in [-0.25, -0.2) is 4.79 Å². The number of hydrogen-bond acceptors (Lipinski definition) is 3. The van der Waals surface area contributed by atoms with Gasteiger partial charge in [-0.15, -0.1) is 0 Å². The number of ketones is 1. The third-order valence-corrected chi connectivity index (χ3v) is 3.29. The smallest absolute Gasteiger partial charge is 0.332 e. The van der Waals surface area contributed by atoms with E-state index in [1.54, 1.807) is 30.3 Å². The average molecular weight is 280 g/mol. The van der Waals surface area contributed by atoms with Gasteiger partial charge in [0.25, 0.3) is 0 Å². The van der Waals surface area contributed by atoms with Crippen molar-refractivity contribution in [1.29, 1.82) is 0 Å². The summed E-state index contributed by atoms with van der Waals surface area (Å²) in [6.07, 6.45) is 2.38. The second-order valence-corrected chi connectivity index (χ2v) is 4.90. The van der Waals surface area contributed by atoms with E-state index < -0.39 is 5.97 Å².